The molecule has 1 atom stereocenters. The number of hydrogen-bond donors (Lipinski definition) is 2. The number of amides is 1. The summed E-state index contributed by atoms with van der Waals surface area (Å²) in [5.74, 6) is -2.07. The summed E-state index contributed by atoms with van der Waals surface area (Å²) in [6.07, 6.45) is 0. The van der Waals surface area contributed by atoms with Gasteiger partial charge in [-0.1, -0.05) is 19.9 Å². The highest BCUT2D eigenvalue weighted by atomic mass is 16.6. The summed E-state index contributed by atoms with van der Waals surface area (Å²) in [4.78, 5) is 33.2. The van der Waals surface area contributed by atoms with E-state index in [0.717, 1.165) is 6.07 Å². The van der Waals surface area contributed by atoms with Crippen molar-refractivity contribution in [2.24, 2.45) is 5.92 Å². The van der Waals surface area contributed by atoms with E-state index in [0.29, 0.717) is 5.56 Å². The van der Waals surface area contributed by atoms with Gasteiger partial charge in [0.05, 0.1) is 4.92 Å². The maximum absolute atomic E-state index is 12.1. The fourth-order valence-electron chi connectivity index (χ4n) is 1.70. The normalized spacial score (nSPS) is 12.0. The van der Waals surface area contributed by atoms with Gasteiger partial charge in [-0.2, -0.15) is 0 Å². The number of carboxylic acid groups (broad SMARTS) is 1. The van der Waals surface area contributed by atoms with Crippen molar-refractivity contribution in [3.8, 4) is 0 Å². The number of aliphatic carboxylic acids is 1. The Kier molecular flexibility index (Phi) is 4.79. The van der Waals surface area contributed by atoms with E-state index in [9.17, 15) is 19.7 Å². The van der Waals surface area contributed by atoms with Gasteiger partial charge in [0.2, 0.25) is 0 Å². The first-order valence-corrected chi connectivity index (χ1v) is 6.02. The van der Waals surface area contributed by atoms with Crippen LogP contribution < -0.4 is 5.32 Å². The Hall–Kier alpha value is -2.44. The molecule has 1 rings (SSSR count). The van der Waals surface area contributed by atoms with Crippen molar-refractivity contribution in [1.82, 2.24) is 5.32 Å². The van der Waals surface area contributed by atoms with Crippen LogP contribution in [0.5, 0.6) is 0 Å². The lowest BCUT2D eigenvalue weighted by atomic mass is 10.0. The maximum atomic E-state index is 12.1. The monoisotopic (exact) mass is 280 g/mol. The molecule has 7 nitrogen and oxygen atoms in total. The molecule has 20 heavy (non-hydrogen) atoms. The zero-order valence-electron chi connectivity index (χ0n) is 11.4. The van der Waals surface area contributed by atoms with E-state index in [1.165, 1.54) is 12.1 Å². The van der Waals surface area contributed by atoms with E-state index in [4.69, 9.17) is 5.11 Å². The Morgan fingerprint density at radius 3 is 2.40 bits per heavy atom. The van der Waals surface area contributed by atoms with Crippen molar-refractivity contribution in [3.05, 3.63) is 39.4 Å². The molecule has 7 heteroatoms. The molecule has 0 aliphatic heterocycles. The molecule has 108 valence electrons. The number of carbonyl (C=O) groups is 2. The van der Waals surface area contributed by atoms with Crippen molar-refractivity contribution >= 4 is 17.6 Å². The lowest BCUT2D eigenvalue weighted by Gasteiger charge is -2.18. The molecule has 0 radical (unpaired) electrons. The Morgan fingerprint density at radius 2 is 1.95 bits per heavy atom. The summed E-state index contributed by atoms with van der Waals surface area (Å²) in [7, 11) is 0. The predicted octanol–water partition coefficient (Wildman–Crippen LogP) is 1.74. The van der Waals surface area contributed by atoms with E-state index >= 15 is 0 Å². The maximum Gasteiger partial charge on any atom is 0.326 e. The highest BCUT2D eigenvalue weighted by Crippen LogP contribution is 2.17. The van der Waals surface area contributed by atoms with Gasteiger partial charge in [-0.15, -0.1) is 0 Å². The molecule has 0 fully saturated rings. The number of carbonyl (C=O) groups excluding carboxylic acids is 1. The summed E-state index contributed by atoms with van der Waals surface area (Å²) in [5, 5.41) is 22.1. The minimum atomic E-state index is -1.14. The third kappa shape index (κ3) is 3.53. The molecule has 0 spiro atoms. The smallest absolute Gasteiger partial charge is 0.326 e. The summed E-state index contributed by atoms with van der Waals surface area (Å²) < 4.78 is 0. The number of carboxylic acids is 1. The van der Waals surface area contributed by atoms with Gasteiger partial charge in [0, 0.05) is 17.7 Å². The third-order valence-electron chi connectivity index (χ3n) is 2.90. The molecular formula is C13H16N2O5. The topological polar surface area (TPSA) is 110 Å². The molecule has 0 aliphatic rings. The molecule has 1 unspecified atom stereocenters. The average molecular weight is 280 g/mol. The van der Waals surface area contributed by atoms with Gasteiger partial charge in [0.25, 0.3) is 11.6 Å². The van der Waals surface area contributed by atoms with E-state index in [-0.39, 0.29) is 17.2 Å². The van der Waals surface area contributed by atoms with Gasteiger partial charge >= 0.3 is 5.97 Å². The number of aryl methyl sites for hydroxylation is 1. The van der Waals surface area contributed by atoms with Crippen LogP contribution in [-0.4, -0.2) is 27.9 Å². The fourth-order valence-corrected chi connectivity index (χ4v) is 1.70. The van der Waals surface area contributed by atoms with Crippen molar-refractivity contribution < 1.29 is 19.6 Å². The largest absolute Gasteiger partial charge is 0.480 e. The van der Waals surface area contributed by atoms with Crippen LogP contribution in [-0.2, 0) is 4.79 Å². The van der Waals surface area contributed by atoms with Gasteiger partial charge < -0.3 is 10.4 Å². The third-order valence-corrected chi connectivity index (χ3v) is 2.90. The van der Waals surface area contributed by atoms with Crippen molar-refractivity contribution in [2.75, 3.05) is 0 Å². The number of hydrogen-bond acceptors (Lipinski definition) is 4. The Balaban J connectivity index is 3.05. The average Bonchev–Trinajstić information content (AvgIpc) is 2.34. The Morgan fingerprint density at radius 1 is 1.35 bits per heavy atom. The van der Waals surface area contributed by atoms with Crippen molar-refractivity contribution in [3.63, 3.8) is 0 Å². The number of rotatable bonds is 5. The van der Waals surface area contributed by atoms with Crippen LogP contribution >= 0.6 is 0 Å². The van der Waals surface area contributed by atoms with Crippen molar-refractivity contribution in [1.29, 1.82) is 0 Å². The molecule has 1 aromatic rings. The highest BCUT2D eigenvalue weighted by Gasteiger charge is 2.25. The number of benzene rings is 1. The van der Waals surface area contributed by atoms with Crippen LogP contribution in [0.1, 0.15) is 29.8 Å². The summed E-state index contributed by atoms with van der Waals surface area (Å²) >= 11 is 0. The van der Waals surface area contributed by atoms with Crippen LogP contribution in [0.25, 0.3) is 0 Å². The summed E-state index contributed by atoms with van der Waals surface area (Å²) in [6.45, 7) is 4.96. The first kappa shape index (κ1) is 15.6. The zero-order chi connectivity index (χ0) is 15.4. The SMILES string of the molecule is Cc1ccc([N+](=O)[O-])cc1C(=O)NC(C(=O)O)C(C)C. The molecule has 2 N–H and O–H groups in total. The fraction of sp³-hybridized carbons (Fsp3) is 0.385. The minimum absolute atomic E-state index is 0.103. The number of non-ortho nitro benzene ring substituents is 1. The van der Waals surface area contributed by atoms with Crippen LogP contribution in [0.3, 0.4) is 0 Å². The standard InChI is InChI=1S/C13H16N2O5/c1-7(2)11(13(17)18)14-12(16)10-6-9(15(19)20)5-4-8(10)3/h4-7,11H,1-3H3,(H,14,16)(H,17,18). The second kappa shape index (κ2) is 6.14. The number of nitrogens with one attached hydrogen (secondary N) is 1. The van der Waals surface area contributed by atoms with Gasteiger partial charge in [-0.3, -0.25) is 14.9 Å². The molecule has 1 amide bonds. The molecule has 0 aliphatic carbocycles. The minimum Gasteiger partial charge on any atom is -0.480 e. The number of nitro benzene ring substituents is 1. The van der Waals surface area contributed by atoms with Crippen molar-refractivity contribution in [2.45, 2.75) is 26.8 Å². The second-order valence-corrected chi connectivity index (χ2v) is 4.79. The molecule has 0 aromatic heterocycles. The van der Waals surface area contributed by atoms with Gasteiger partial charge in [-0.25, -0.2) is 4.79 Å². The quantitative estimate of drug-likeness (QED) is 0.630. The van der Waals surface area contributed by atoms with Gasteiger partial charge in [0.1, 0.15) is 6.04 Å². The Bertz CT molecular complexity index is 554. The molecule has 0 bridgehead atoms. The lowest BCUT2D eigenvalue weighted by molar-refractivity contribution is -0.384. The summed E-state index contributed by atoms with van der Waals surface area (Å²) in [5.41, 5.74) is 0.435. The van der Waals surface area contributed by atoms with E-state index in [1.54, 1.807) is 20.8 Å². The first-order valence-electron chi connectivity index (χ1n) is 6.02. The zero-order valence-corrected chi connectivity index (χ0v) is 11.4. The van der Waals surface area contributed by atoms with E-state index in [2.05, 4.69) is 5.32 Å². The van der Waals surface area contributed by atoms with E-state index < -0.39 is 22.8 Å². The first-order chi connectivity index (χ1) is 9.23. The van der Waals surface area contributed by atoms with Gasteiger partial charge in [0.15, 0.2) is 0 Å². The molecule has 0 saturated carbocycles. The molecule has 1 aromatic carbocycles. The number of nitrogens with zero attached hydrogens (tertiary/aromatic N) is 1. The van der Waals surface area contributed by atoms with Crippen LogP contribution in [0.15, 0.2) is 18.2 Å². The van der Waals surface area contributed by atoms with Crippen LogP contribution in [0.2, 0.25) is 0 Å². The predicted molar refractivity (Wildman–Crippen MR) is 71.6 cm³/mol. The molecule has 0 heterocycles. The molecule has 0 saturated heterocycles. The lowest BCUT2D eigenvalue weighted by Crippen LogP contribution is -2.44. The van der Waals surface area contributed by atoms with E-state index in [1.807, 2.05) is 0 Å². The molecular weight excluding hydrogens is 264 g/mol. The highest BCUT2D eigenvalue weighted by molar-refractivity contribution is 5.98. The van der Waals surface area contributed by atoms with Gasteiger partial charge in [-0.05, 0) is 18.4 Å². The number of nitro groups is 1. The van der Waals surface area contributed by atoms with Crippen LogP contribution in [0, 0.1) is 23.0 Å². The summed E-state index contributed by atoms with van der Waals surface area (Å²) in [6, 6.07) is 2.85. The second-order valence-electron chi connectivity index (χ2n) is 4.79. The van der Waals surface area contributed by atoms with Crippen LogP contribution in [0.4, 0.5) is 5.69 Å². The Labute approximate surface area is 115 Å².